The second-order valence-electron chi connectivity index (χ2n) is 9.25. The average Bonchev–Trinajstić information content (AvgIpc) is 3.49. The van der Waals surface area contributed by atoms with Gasteiger partial charge in [-0.3, -0.25) is 9.89 Å². The molecule has 38 heavy (non-hydrogen) atoms. The molecule has 1 aliphatic rings. The van der Waals surface area contributed by atoms with Crippen LogP contribution in [0.25, 0.3) is 11.3 Å². The Morgan fingerprint density at radius 2 is 1.74 bits per heavy atom. The first-order valence-electron chi connectivity index (χ1n) is 13.1. The first kappa shape index (κ1) is 25.4. The van der Waals surface area contributed by atoms with Crippen LogP contribution in [0.1, 0.15) is 59.9 Å². The molecule has 0 fully saturated rings. The monoisotopic (exact) mass is 511 g/mol. The number of aromatic amines is 1. The lowest BCUT2D eigenvalue weighted by atomic mass is 9.95. The molecule has 1 amide bonds. The fourth-order valence-corrected chi connectivity index (χ4v) is 4.86. The van der Waals surface area contributed by atoms with Crippen LogP contribution in [0.4, 0.5) is 0 Å². The van der Waals surface area contributed by atoms with Crippen molar-refractivity contribution in [1.82, 2.24) is 15.1 Å². The van der Waals surface area contributed by atoms with E-state index in [9.17, 15) is 4.79 Å². The van der Waals surface area contributed by atoms with E-state index in [1.165, 1.54) is 0 Å². The first-order valence-corrected chi connectivity index (χ1v) is 13.1. The van der Waals surface area contributed by atoms with Crippen molar-refractivity contribution in [1.29, 1.82) is 0 Å². The number of unbranched alkanes of at least 4 members (excludes halogenated alkanes) is 1. The molecule has 5 rings (SSSR count). The summed E-state index contributed by atoms with van der Waals surface area (Å²) in [5, 5.41) is 7.62. The number of carbonyl (C=O) groups is 1. The summed E-state index contributed by atoms with van der Waals surface area (Å²) < 4.78 is 17.4. The highest BCUT2D eigenvalue weighted by Crippen LogP contribution is 2.45. The van der Waals surface area contributed by atoms with Crippen LogP contribution in [0, 0.1) is 0 Å². The zero-order valence-electron chi connectivity index (χ0n) is 22.1. The summed E-state index contributed by atoms with van der Waals surface area (Å²) in [5.74, 6) is 2.07. The van der Waals surface area contributed by atoms with Crippen molar-refractivity contribution < 1.29 is 19.0 Å². The van der Waals surface area contributed by atoms with E-state index in [1.54, 1.807) is 7.11 Å². The van der Waals surface area contributed by atoms with Crippen LogP contribution >= 0.6 is 0 Å². The highest BCUT2D eigenvalue weighted by molar-refractivity contribution is 6.00. The molecule has 1 unspecified atom stereocenters. The van der Waals surface area contributed by atoms with Crippen molar-refractivity contribution in [2.75, 3.05) is 20.3 Å². The van der Waals surface area contributed by atoms with Crippen molar-refractivity contribution in [3.8, 4) is 28.5 Å². The molecule has 196 valence electrons. The number of benzene rings is 3. The number of rotatable bonds is 11. The van der Waals surface area contributed by atoms with Crippen molar-refractivity contribution in [3.63, 3.8) is 0 Å². The van der Waals surface area contributed by atoms with Crippen LogP contribution in [0.2, 0.25) is 0 Å². The van der Waals surface area contributed by atoms with E-state index < -0.39 is 0 Å². The Morgan fingerprint density at radius 1 is 0.947 bits per heavy atom. The molecule has 1 atom stereocenters. The van der Waals surface area contributed by atoms with Gasteiger partial charge in [0.05, 0.1) is 32.1 Å². The van der Waals surface area contributed by atoms with Gasteiger partial charge in [0.25, 0.3) is 5.91 Å². The van der Waals surface area contributed by atoms with Gasteiger partial charge in [0, 0.05) is 17.7 Å². The van der Waals surface area contributed by atoms with E-state index in [1.807, 2.05) is 84.6 Å². The van der Waals surface area contributed by atoms with E-state index in [0.29, 0.717) is 37.0 Å². The minimum atomic E-state index is -0.350. The zero-order chi connectivity index (χ0) is 26.5. The van der Waals surface area contributed by atoms with Gasteiger partial charge < -0.3 is 19.1 Å². The number of aromatic nitrogens is 2. The second kappa shape index (κ2) is 11.4. The summed E-state index contributed by atoms with van der Waals surface area (Å²) in [6.45, 7) is 5.70. The topological polar surface area (TPSA) is 76.7 Å². The molecule has 1 N–H and O–H groups in total. The SMILES string of the molecule is CCCCOc1ccc(C2c3c(-c4ccc(OC)cc4)n[nH]c3C(=O)N2Cc2ccccc2)cc1OCC. The minimum Gasteiger partial charge on any atom is -0.497 e. The van der Waals surface area contributed by atoms with E-state index in [0.717, 1.165) is 46.5 Å². The van der Waals surface area contributed by atoms with Crippen LogP contribution < -0.4 is 14.2 Å². The van der Waals surface area contributed by atoms with Crippen molar-refractivity contribution in [2.24, 2.45) is 0 Å². The molecule has 0 radical (unpaired) electrons. The number of amides is 1. The molecule has 0 saturated carbocycles. The van der Waals surface area contributed by atoms with Gasteiger partial charge in [-0.2, -0.15) is 5.10 Å². The zero-order valence-corrected chi connectivity index (χ0v) is 22.1. The van der Waals surface area contributed by atoms with Gasteiger partial charge in [0.2, 0.25) is 0 Å². The number of hydrogen-bond acceptors (Lipinski definition) is 5. The summed E-state index contributed by atoms with van der Waals surface area (Å²) in [6, 6.07) is 23.4. The molecule has 0 bridgehead atoms. The Balaban J connectivity index is 1.60. The fraction of sp³-hybridized carbons (Fsp3) is 0.290. The lowest BCUT2D eigenvalue weighted by Gasteiger charge is -2.27. The molecule has 0 saturated heterocycles. The average molecular weight is 512 g/mol. The largest absolute Gasteiger partial charge is 0.497 e. The number of nitrogens with one attached hydrogen (secondary N) is 1. The Bertz CT molecular complexity index is 1380. The number of methoxy groups -OCH3 is 1. The summed E-state index contributed by atoms with van der Waals surface area (Å²) in [4.78, 5) is 15.7. The van der Waals surface area contributed by atoms with Crippen molar-refractivity contribution in [2.45, 2.75) is 39.3 Å². The lowest BCUT2D eigenvalue weighted by Crippen LogP contribution is -2.29. The van der Waals surface area contributed by atoms with Crippen LogP contribution in [0.15, 0.2) is 72.8 Å². The minimum absolute atomic E-state index is 0.0812. The first-order chi connectivity index (χ1) is 18.6. The van der Waals surface area contributed by atoms with Gasteiger partial charge in [0.1, 0.15) is 11.4 Å². The summed E-state index contributed by atoms with van der Waals surface area (Å²) in [5.41, 5.74) is 5.02. The Labute approximate surface area is 223 Å². The predicted octanol–water partition coefficient (Wildman–Crippen LogP) is 6.41. The number of hydrogen-bond donors (Lipinski definition) is 1. The standard InChI is InChI=1S/C31H33N3O4/c1-4-6-18-38-25-17-14-23(19-26(25)37-5-2)30-27-28(22-12-15-24(36-3)16-13-22)32-33-29(27)31(35)34(30)20-21-10-8-7-9-11-21/h7-17,19,30H,4-6,18,20H2,1-3H3,(H,32,33). The number of fused-ring (bicyclic) bond motifs is 1. The molecule has 7 heteroatoms. The normalized spacial score (nSPS) is 14.4. The number of ether oxygens (including phenoxy) is 3. The molecule has 0 spiro atoms. The van der Waals surface area contributed by atoms with Gasteiger partial charge in [-0.05, 0) is 60.9 Å². The third-order valence-electron chi connectivity index (χ3n) is 6.76. The molecule has 0 aliphatic carbocycles. The maximum absolute atomic E-state index is 13.8. The van der Waals surface area contributed by atoms with Gasteiger partial charge in [-0.25, -0.2) is 0 Å². The Kier molecular flexibility index (Phi) is 7.63. The maximum atomic E-state index is 13.8. The van der Waals surface area contributed by atoms with E-state index >= 15 is 0 Å². The number of H-pyrrole nitrogens is 1. The number of nitrogens with zero attached hydrogens (tertiary/aromatic N) is 2. The van der Waals surface area contributed by atoms with Crippen molar-refractivity contribution >= 4 is 5.91 Å². The Morgan fingerprint density at radius 3 is 2.45 bits per heavy atom. The third kappa shape index (κ3) is 4.96. The Hall–Kier alpha value is -4.26. The van der Waals surface area contributed by atoms with E-state index in [4.69, 9.17) is 14.2 Å². The molecule has 1 aromatic heterocycles. The summed E-state index contributed by atoms with van der Waals surface area (Å²) in [6.07, 6.45) is 2.02. The fourth-order valence-electron chi connectivity index (χ4n) is 4.86. The highest BCUT2D eigenvalue weighted by Gasteiger charge is 2.42. The van der Waals surface area contributed by atoms with Gasteiger partial charge in [-0.1, -0.05) is 49.7 Å². The van der Waals surface area contributed by atoms with Crippen LogP contribution in [0.5, 0.6) is 17.2 Å². The molecular weight excluding hydrogens is 478 g/mol. The highest BCUT2D eigenvalue weighted by atomic mass is 16.5. The maximum Gasteiger partial charge on any atom is 0.273 e. The van der Waals surface area contributed by atoms with Crippen LogP contribution in [-0.4, -0.2) is 41.3 Å². The molecule has 2 heterocycles. The number of carbonyl (C=O) groups excluding carboxylic acids is 1. The van der Waals surface area contributed by atoms with Gasteiger partial charge in [0.15, 0.2) is 11.5 Å². The summed E-state index contributed by atoms with van der Waals surface area (Å²) in [7, 11) is 1.64. The molecule has 3 aromatic carbocycles. The molecule has 1 aliphatic heterocycles. The second-order valence-corrected chi connectivity index (χ2v) is 9.25. The predicted molar refractivity (Wildman–Crippen MR) is 147 cm³/mol. The van der Waals surface area contributed by atoms with E-state index in [-0.39, 0.29) is 11.9 Å². The lowest BCUT2D eigenvalue weighted by molar-refractivity contribution is 0.0729. The molecule has 4 aromatic rings. The third-order valence-corrected chi connectivity index (χ3v) is 6.76. The smallest absolute Gasteiger partial charge is 0.273 e. The van der Waals surface area contributed by atoms with Crippen LogP contribution in [-0.2, 0) is 6.54 Å². The molecule has 7 nitrogen and oxygen atoms in total. The van der Waals surface area contributed by atoms with E-state index in [2.05, 4.69) is 17.1 Å². The van der Waals surface area contributed by atoms with Crippen LogP contribution in [0.3, 0.4) is 0 Å². The van der Waals surface area contributed by atoms with Gasteiger partial charge >= 0.3 is 0 Å². The molecular formula is C31H33N3O4. The van der Waals surface area contributed by atoms with Gasteiger partial charge in [-0.15, -0.1) is 0 Å². The summed E-state index contributed by atoms with van der Waals surface area (Å²) >= 11 is 0. The van der Waals surface area contributed by atoms with Crippen molar-refractivity contribution in [3.05, 3.63) is 95.2 Å². The quantitative estimate of drug-likeness (QED) is 0.236.